The smallest absolute Gasteiger partial charge is 0.255 e. The van der Waals surface area contributed by atoms with Crippen LogP contribution in [-0.4, -0.2) is 20.6 Å². The maximum Gasteiger partial charge on any atom is 0.255 e. The number of aryl methyl sites for hydroxylation is 1. The molecule has 0 heterocycles. The molecule has 0 fully saturated rings. The Balaban J connectivity index is 2.32. The molecule has 0 aliphatic heterocycles. The van der Waals surface area contributed by atoms with Crippen molar-refractivity contribution in [3.05, 3.63) is 58.1 Å². The van der Waals surface area contributed by atoms with E-state index in [0.29, 0.717) is 11.3 Å². The van der Waals surface area contributed by atoms with E-state index in [2.05, 4.69) is 21.2 Å². The molecule has 1 amide bonds. The number of carbonyl (C=O) groups is 1. The molecule has 1 N–H and O–H groups in total. The molecular weight excluding hydrogens is 354 g/mol. The molecule has 0 radical (unpaired) electrons. The zero-order valence-corrected chi connectivity index (χ0v) is 14.0. The molecular formula is C15H14BrNO3S. The molecule has 0 unspecified atom stereocenters. The Morgan fingerprint density at radius 3 is 2.29 bits per heavy atom. The molecule has 0 spiro atoms. The quantitative estimate of drug-likeness (QED) is 0.903. The van der Waals surface area contributed by atoms with E-state index in [1.807, 2.05) is 12.1 Å². The van der Waals surface area contributed by atoms with Gasteiger partial charge in [0.15, 0.2) is 9.84 Å². The zero-order valence-electron chi connectivity index (χ0n) is 11.6. The highest BCUT2D eigenvalue weighted by Gasteiger charge is 2.14. The van der Waals surface area contributed by atoms with E-state index in [4.69, 9.17) is 0 Å². The van der Waals surface area contributed by atoms with Crippen LogP contribution >= 0.6 is 15.9 Å². The van der Waals surface area contributed by atoms with Gasteiger partial charge in [0, 0.05) is 22.0 Å². The summed E-state index contributed by atoms with van der Waals surface area (Å²) >= 11 is 3.32. The zero-order chi connectivity index (χ0) is 15.6. The lowest BCUT2D eigenvalue weighted by molar-refractivity contribution is 0.102. The van der Waals surface area contributed by atoms with E-state index in [1.165, 1.54) is 12.1 Å². The second kappa shape index (κ2) is 5.99. The molecule has 21 heavy (non-hydrogen) atoms. The summed E-state index contributed by atoms with van der Waals surface area (Å²) in [6.45, 7) is 1.77. The molecule has 110 valence electrons. The summed E-state index contributed by atoms with van der Waals surface area (Å²) in [6.07, 6.45) is 1.12. The molecule has 0 aliphatic carbocycles. The molecule has 6 heteroatoms. The lowest BCUT2D eigenvalue weighted by atomic mass is 10.1. The molecule has 0 aliphatic rings. The first-order valence-corrected chi connectivity index (χ1v) is 8.83. The summed E-state index contributed by atoms with van der Waals surface area (Å²) in [7, 11) is -3.34. The predicted octanol–water partition coefficient (Wildman–Crippen LogP) is 3.41. The minimum Gasteiger partial charge on any atom is -0.322 e. The van der Waals surface area contributed by atoms with Gasteiger partial charge in [-0.2, -0.15) is 0 Å². The van der Waals surface area contributed by atoms with E-state index < -0.39 is 9.84 Å². The summed E-state index contributed by atoms with van der Waals surface area (Å²) in [5.41, 5.74) is 1.71. The van der Waals surface area contributed by atoms with Crippen molar-refractivity contribution in [2.45, 2.75) is 11.8 Å². The van der Waals surface area contributed by atoms with Crippen molar-refractivity contribution in [3.63, 3.8) is 0 Å². The fourth-order valence-electron chi connectivity index (χ4n) is 1.81. The number of halogens is 1. The number of rotatable bonds is 3. The monoisotopic (exact) mass is 367 g/mol. The van der Waals surface area contributed by atoms with Gasteiger partial charge in [-0.3, -0.25) is 4.79 Å². The van der Waals surface area contributed by atoms with Crippen molar-refractivity contribution in [2.24, 2.45) is 0 Å². The molecule has 2 aromatic rings. The number of hydrogen-bond acceptors (Lipinski definition) is 3. The third-order valence-corrected chi connectivity index (χ3v) is 4.62. The summed E-state index contributed by atoms with van der Waals surface area (Å²) in [5, 5.41) is 2.75. The second-order valence-electron chi connectivity index (χ2n) is 4.71. The maximum absolute atomic E-state index is 12.3. The number of sulfone groups is 1. The van der Waals surface area contributed by atoms with Crippen molar-refractivity contribution >= 4 is 37.4 Å². The van der Waals surface area contributed by atoms with E-state index in [0.717, 1.165) is 16.3 Å². The Labute approximate surface area is 132 Å². The van der Waals surface area contributed by atoms with Gasteiger partial charge in [0.05, 0.1) is 4.90 Å². The first-order chi connectivity index (χ1) is 9.77. The maximum atomic E-state index is 12.3. The molecule has 0 atom stereocenters. The molecule has 0 bridgehead atoms. The summed E-state index contributed by atoms with van der Waals surface area (Å²) in [4.78, 5) is 12.4. The van der Waals surface area contributed by atoms with E-state index in [9.17, 15) is 13.2 Å². The fraction of sp³-hybridized carbons (Fsp3) is 0.133. The van der Waals surface area contributed by atoms with E-state index in [1.54, 1.807) is 25.1 Å². The first-order valence-electron chi connectivity index (χ1n) is 6.15. The number of anilines is 1. The Morgan fingerprint density at radius 2 is 1.71 bits per heavy atom. The van der Waals surface area contributed by atoms with Crippen LogP contribution in [0.5, 0.6) is 0 Å². The van der Waals surface area contributed by atoms with Crippen LogP contribution < -0.4 is 5.32 Å². The van der Waals surface area contributed by atoms with Crippen LogP contribution in [0.3, 0.4) is 0 Å². The third-order valence-electron chi connectivity index (χ3n) is 2.98. The Kier molecular flexibility index (Phi) is 4.49. The Bertz CT molecular complexity index is 783. The van der Waals surface area contributed by atoms with Gasteiger partial charge in [-0.1, -0.05) is 22.0 Å². The fourth-order valence-corrected chi connectivity index (χ4v) is 2.72. The van der Waals surface area contributed by atoms with Gasteiger partial charge in [-0.15, -0.1) is 0 Å². The number of amides is 1. The first kappa shape index (κ1) is 15.7. The average molecular weight is 368 g/mol. The largest absolute Gasteiger partial charge is 0.322 e. The highest BCUT2D eigenvalue weighted by molar-refractivity contribution is 9.10. The van der Waals surface area contributed by atoms with Crippen molar-refractivity contribution in [2.75, 3.05) is 11.6 Å². The predicted molar refractivity (Wildman–Crippen MR) is 86.4 cm³/mol. The van der Waals surface area contributed by atoms with Crippen LogP contribution in [0.1, 0.15) is 15.9 Å². The van der Waals surface area contributed by atoms with Crippen molar-refractivity contribution < 1.29 is 13.2 Å². The summed E-state index contributed by atoms with van der Waals surface area (Å²) in [5.74, 6) is -0.333. The second-order valence-corrected chi connectivity index (χ2v) is 7.64. The van der Waals surface area contributed by atoms with Crippen LogP contribution in [0, 0.1) is 6.92 Å². The van der Waals surface area contributed by atoms with Crippen LogP contribution in [0.4, 0.5) is 5.69 Å². The van der Waals surface area contributed by atoms with Crippen molar-refractivity contribution in [1.29, 1.82) is 0 Å². The van der Waals surface area contributed by atoms with Crippen LogP contribution in [0.15, 0.2) is 51.8 Å². The van der Waals surface area contributed by atoms with Gasteiger partial charge < -0.3 is 5.32 Å². The summed E-state index contributed by atoms with van der Waals surface area (Å²) < 4.78 is 24.1. The van der Waals surface area contributed by atoms with Gasteiger partial charge in [-0.05, 0) is 48.9 Å². The van der Waals surface area contributed by atoms with Gasteiger partial charge in [0.2, 0.25) is 0 Å². The molecule has 4 nitrogen and oxygen atoms in total. The van der Waals surface area contributed by atoms with Crippen molar-refractivity contribution in [1.82, 2.24) is 0 Å². The van der Waals surface area contributed by atoms with Crippen molar-refractivity contribution in [3.8, 4) is 0 Å². The Morgan fingerprint density at radius 1 is 1.10 bits per heavy atom. The highest BCUT2D eigenvalue weighted by Crippen LogP contribution is 2.19. The molecule has 0 aromatic heterocycles. The number of carbonyl (C=O) groups excluding carboxylic acids is 1. The third kappa shape index (κ3) is 3.92. The van der Waals surface area contributed by atoms with Crippen LogP contribution in [0.2, 0.25) is 0 Å². The van der Waals surface area contributed by atoms with E-state index >= 15 is 0 Å². The SMILES string of the molecule is Cc1ccc(S(C)(=O)=O)cc1C(=O)Nc1ccc(Br)cc1. The van der Waals surface area contributed by atoms with Crippen LogP contribution in [0.25, 0.3) is 0 Å². The van der Waals surface area contributed by atoms with Gasteiger partial charge in [0.1, 0.15) is 0 Å². The molecule has 0 saturated heterocycles. The number of benzene rings is 2. The lowest BCUT2D eigenvalue weighted by Crippen LogP contribution is -2.14. The minimum atomic E-state index is -3.34. The molecule has 2 rings (SSSR count). The van der Waals surface area contributed by atoms with Crippen LogP contribution in [-0.2, 0) is 9.84 Å². The Hall–Kier alpha value is -1.66. The normalized spacial score (nSPS) is 11.2. The van der Waals surface area contributed by atoms with Gasteiger partial charge in [-0.25, -0.2) is 8.42 Å². The van der Waals surface area contributed by atoms with E-state index in [-0.39, 0.29) is 10.8 Å². The number of hydrogen-bond donors (Lipinski definition) is 1. The highest BCUT2D eigenvalue weighted by atomic mass is 79.9. The topological polar surface area (TPSA) is 63.2 Å². The number of nitrogens with one attached hydrogen (secondary N) is 1. The standard InChI is InChI=1S/C15H14BrNO3S/c1-10-3-8-13(21(2,19)20)9-14(10)15(18)17-12-6-4-11(16)5-7-12/h3-9H,1-2H3,(H,17,18). The molecule has 2 aromatic carbocycles. The molecule has 0 saturated carbocycles. The average Bonchev–Trinajstić information content (AvgIpc) is 2.40. The van der Waals surface area contributed by atoms with Gasteiger partial charge in [0.25, 0.3) is 5.91 Å². The minimum absolute atomic E-state index is 0.133. The summed E-state index contributed by atoms with van der Waals surface area (Å²) in [6, 6.07) is 11.7. The lowest BCUT2D eigenvalue weighted by Gasteiger charge is -2.09. The van der Waals surface area contributed by atoms with Gasteiger partial charge >= 0.3 is 0 Å².